The van der Waals surface area contributed by atoms with E-state index in [1.165, 1.54) is 12.8 Å². The average Bonchev–Trinajstić information content (AvgIpc) is 3.28. The summed E-state index contributed by atoms with van der Waals surface area (Å²) in [7, 11) is 0. The van der Waals surface area contributed by atoms with Crippen LogP contribution in [0.1, 0.15) is 56.1 Å². The number of carbonyl (C=O) groups is 1. The summed E-state index contributed by atoms with van der Waals surface area (Å²) < 4.78 is 11.7. The fourth-order valence-corrected chi connectivity index (χ4v) is 4.77. The van der Waals surface area contributed by atoms with Gasteiger partial charge in [0.25, 0.3) is 0 Å². The van der Waals surface area contributed by atoms with Crippen LogP contribution in [0.2, 0.25) is 0 Å². The second-order valence-electron chi connectivity index (χ2n) is 8.51. The fourth-order valence-electron chi connectivity index (χ4n) is 4.77. The molecule has 3 atom stereocenters. The molecule has 2 bridgehead atoms. The standard InChI is InChI=1S/C22H32N2O3/c1-15-4-5-17(21(9-15)27-14-20-3-2-8-26-20)13-23-22(25)12-16-10-18-6-7-19(11-16)24-18/h4-5,9,16,18-20,24H,2-3,6-8,10-14H2,1H3,(H,23,25). The van der Waals surface area contributed by atoms with Crippen molar-refractivity contribution in [1.82, 2.24) is 10.6 Å². The summed E-state index contributed by atoms with van der Waals surface area (Å²) in [6, 6.07) is 7.46. The topological polar surface area (TPSA) is 59.6 Å². The molecule has 0 aliphatic carbocycles. The van der Waals surface area contributed by atoms with Gasteiger partial charge in [-0.15, -0.1) is 0 Å². The number of benzene rings is 1. The van der Waals surface area contributed by atoms with Crippen LogP contribution in [-0.4, -0.2) is 37.3 Å². The SMILES string of the molecule is Cc1ccc(CNC(=O)CC2CC3CCC(C2)N3)c(OCC2CCCO2)c1. The van der Waals surface area contributed by atoms with Gasteiger partial charge in [-0.05, 0) is 63.0 Å². The van der Waals surface area contributed by atoms with E-state index in [4.69, 9.17) is 9.47 Å². The number of piperidine rings is 1. The molecule has 5 nitrogen and oxygen atoms in total. The number of ether oxygens (including phenoxy) is 2. The minimum atomic E-state index is 0.159. The summed E-state index contributed by atoms with van der Waals surface area (Å²) in [4.78, 5) is 12.5. The van der Waals surface area contributed by atoms with Crippen molar-refractivity contribution in [2.24, 2.45) is 5.92 Å². The van der Waals surface area contributed by atoms with E-state index in [0.717, 1.165) is 49.2 Å². The predicted molar refractivity (Wildman–Crippen MR) is 105 cm³/mol. The van der Waals surface area contributed by atoms with E-state index >= 15 is 0 Å². The minimum Gasteiger partial charge on any atom is -0.491 e. The molecule has 2 N–H and O–H groups in total. The third-order valence-corrected chi connectivity index (χ3v) is 6.19. The Morgan fingerprint density at radius 2 is 2.07 bits per heavy atom. The lowest BCUT2D eigenvalue weighted by molar-refractivity contribution is -0.122. The Kier molecular flexibility index (Phi) is 5.98. The first-order chi connectivity index (χ1) is 13.2. The Morgan fingerprint density at radius 1 is 1.26 bits per heavy atom. The first kappa shape index (κ1) is 18.8. The molecule has 4 rings (SSSR count). The molecule has 27 heavy (non-hydrogen) atoms. The van der Waals surface area contributed by atoms with Gasteiger partial charge < -0.3 is 20.1 Å². The van der Waals surface area contributed by atoms with Crippen LogP contribution in [0, 0.1) is 12.8 Å². The largest absolute Gasteiger partial charge is 0.491 e. The van der Waals surface area contributed by atoms with Crippen molar-refractivity contribution in [2.75, 3.05) is 13.2 Å². The van der Waals surface area contributed by atoms with Crippen LogP contribution in [0.3, 0.4) is 0 Å². The maximum absolute atomic E-state index is 12.5. The first-order valence-electron chi connectivity index (χ1n) is 10.5. The average molecular weight is 373 g/mol. The van der Waals surface area contributed by atoms with E-state index < -0.39 is 0 Å². The Balaban J connectivity index is 1.28. The van der Waals surface area contributed by atoms with Crippen molar-refractivity contribution in [3.05, 3.63) is 29.3 Å². The zero-order valence-corrected chi connectivity index (χ0v) is 16.3. The number of aryl methyl sites for hydroxylation is 1. The maximum atomic E-state index is 12.5. The maximum Gasteiger partial charge on any atom is 0.220 e. The van der Waals surface area contributed by atoms with E-state index in [9.17, 15) is 4.79 Å². The van der Waals surface area contributed by atoms with Gasteiger partial charge in [-0.1, -0.05) is 12.1 Å². The van der Waals surface area contributed by atoms with Crippen LogP contribution in [0.4, 0.5) is 0 Å². The molecule has 5 heteroatoms. The molecule has 1 aromatic rings. The highest BCUT2D eigenvalue weighted by Crippen LogP contribution is 2.32. The lowest BCUT2D eigenvalue weighted by Crippen LogP contribution is -2.39. The van der Waals surface area contributed by atoms with Gasteiger partial charge in [-0.3, -0.25) is 4.79 Å². The molecular weight excluding hydrogens is 340 g/mol. The van der Waals surface area contributed by atoms with Crippen molar-refractivity contribution in [2.45, 2.75) is 76.6 Å². The predicted octanol–water partition coefficient (Wildman–Crippen LogP) is 3.09. The number of carbonyl (C=O) groups excluding carboxylic acids is 1. The third-order valence-electron chi connectivity index (χ3n) is 6.19. The summed E-state index contributed by atoms with van der Waals surface area (Å²) in [5.74, 6) is 1.55. The molecule has 3 aliphatic rings. The fraction of sp³-hybridized carbons (Fsp3) is 0.682. The third kappa shape index (κ3) is 5.02. The van der Waals surface area contributed by atoms with Crippen LogP contribution < -0.4 is 15.4 Å². The van der Waals surface area contributed by atoms with Crippen LogP contribution in [0.5, 0.6) is 5.75 Å². The summed E-state index contributed by atoms with van der Waals surface area (Å²) in [5, 5.41) is 6.76. The van der Waals surface area contributed by atoms with Crippen LogP contribution >= 0.6 is 0 Å². The molecular formula is C22H32N2O3. The van der Waals surface area contributed by atoms with E-state index in [1.807, 2.05) is 0 Å². The number of nitrogens with one attached hydrogen (secondary N) is 2. The van der Waals surface area contributed by atoms with Gasteiger partial charge in [0, 0.05) is 37.2 Å². The Labute approximate surface area is 162 Å². The highest BCUT2D eigenvalue weighted by Gasteiger charge is 2.34. The summed E-state index contributed by atoms with van der Waals surface area (Å²) >= 11 is 0. The normalized spacial score (nSPS) is 29.7. The van der Waals surface area contributed by atoms with Crippen molar-refractivity contribution in [3.8, 4) is 5.75 Å². The number of hydrogen-bond donors (Lipinski definition) is 2. The van der Waals surface area contributed by atoms with Gasteiger partial charge in [-0.2, -0.15) is 0 Å². The van der Waals surface area contributed by atoms with E-state index in [2.05, 4.69) is 35.8 Å². The van der Waals surface area contributed by atoms with Crippen molar-refractivity contribution in [3.63, 3.8) is 0 Å². The van der Waals surface area contributed by atoms with Gasteiger partial charge in [0.05, 0.1) is 6.10 Å². The molecule has 0 radical (unpaired) electrons. The molecule has 0 saturated carbocycles. The van der Waals surface area contributed by atoms with Crippen molar-refractivity contribution in [1.29, 1.82) is 0 Å². The summed E-state index contributed by atoms with van der Waals surface area (Å²) in [6.45, 7) is 4.01. The molecule has 3 aliphatic heterocycles. The second kappa shape index (κ2) is 8.61. The van der Waals surface area contributed by atoms with Crippen LogP contribution in [0.15, 0.2) is 18.2 Å². The highest BCUT2D eigenvalue weighted by atomic mass is 16.5. The molecule has 3 heterocycles. The second-order valence-corrected chi connectivity index (χ2v) is 8.51. The molecule has 148 valence electrons. The first-order valence-corrected chi connectivity index (χ1v) is 10.5. The van der Waals surface area contributed by atoms with Gasteiger partial charge >= 0.3 is 0 Å². The molecule has 1 amide bonds. The molecule has 3 unspecified atom stereocenters. The Hall–Kier alpha value is -1.59. The van der Waals surface area contributed by atoms with Gasteiger partial charge in [0.2, 0.25) is 5.91 Å². The summed E-state index contributed by atoms with van der Waals surface area (Å²) in [5.41, 5.74) is 2.20. The molecule has 3 fully saturated rings. The number of rotatable bonds is 7. The summed E-state index contributed by atoms with van der Waals surface area (Å²) in [6.07, 6.45) is 7.86. The zero-order chi connectivity index (χ0) is 18.6. The lowest BCUT2D eigenvalue weighted by atomic mass is 9.89. The monoisotopic (exact) mass is 372 g/mol. The lowest BCUT2D eigenvalue weighted by Gasteiger charge is -2.28. The van der Waals surface area contributed by atoms with E-state index in [1.54, 1.807) is 0 Å². The highest BCUT2D eigenvalue weighted by molar-refractivity contribution is 5.76. The zero-order valence-electron chi connectivity index (χ0n) is 16.3. The molecule has 0 aromatic heterocycles. The number of hydrogen-bond acceptors (Lipinski definition) is 4. The quantitative estimate of drug-likeness (QED) is 0.772. The Bertz CT molecular complexity index is 645. The molecule has 0 spiro atoms. The van der Waals surface area contributed by atoms with E-state index in [0.29, 0.717) is 37.6 Å². The molecule has 1 aromatic carbocycles. The van der Waals surface area contributed by atoms with Crippen molar-refractivity contribution >= 4 is 5.91 Å². The smallest absolute Gasteiger partial charge is 0.220 e. The van der Waals surface area contributed by atoms with Gasteiger partial charge in [0.15, 0.2) is 0 Å². The van der Waals surface area contributed by atoms with Crippen molar-refractivity contribution < 1.29 is 14.3 Å². The van der Waals surface area contributed by atoms with Gasteiger partial charge in [-0.25, -0.2) is 0 Å². The van der Waals surface area contributed by atoms with E-state index in [-0.39, 0.29) is 12.0 Å². The number of amides is 1. The molecule has 3 saturated heterocycles. The van der Waals surface area contributed by atoms with Crippen LogP contribution in [0.25, 0.3) is 0 Å². The number of fused-ring (bicyclic) bond motifs is 2. The minimum absolute atomic E-state index is 0.159. The Morgan fingerprint density at radius 3 is 2.81 bits per heavy atom. The van der Waals surface area contributed by atoms with Crippen LogP contribution in [-0.2, 0) is 16.1 Å². The van der Waals surface area contributed by atoms with Gasteiger partial charge in [0.1, 0.15) is 12.4 Å².